The van der Waals surface area contributed by atoms with Crippen LogP contribution in [0, 0.1) is 13.8 Å². The van der Waals surface area contributed by atoms with E-state index in [0.29, 0.717) is 17.0 Å². The van der Waals surface area contributed by atoms with E-state index < -0.39 is 0 Å². The van der Waals surface area contributed by atoms with Crippen molar-refractivity contribution >= 4 is 17.1 Å². The molecule has 0 aromatic carbocycles. The topological polar surface area (TPSA) is 78.0 Å². The fourth-order valence-corrected chi connectivity index (χ4v) is 3.17. The Morgan fingerprint density at radius 3 is 2.82 bits per heavy atom. The largest absolute Gasteiger partial charge is 0.423 e. The molecule has 7 heteroatoms. The Morgan fingerprint density at radius 1 is 1.36 bits per heavy atom. The van der Waals surface area contributed by atoms with E-state index in [-0.39, 0.29) is 17.9 Å². The van der Waals surface area contributed by atoms with Gasteiger partial charge in [-0.1, -0.05) is 0 Å². The second kappa shape index (κ2) is 5.69. The molecule has 0 unspecified atom stereocenters. The molecule has 0 amide bonds. The number of nitrogens with zero attached hydrogens (tertiary/aromatic N) is 3. The summed E-state index contributed by atoms with van der Waals surface area (Å²) in [7, 11) is 0. The lowest BCUT2D eigenvalue weighted by Gasteiger charge is -2.06. The summed E-state index contributed by atoms with van der Waals surface area (Å²) in [6, 6.07) is 4.84. The lowest BCUT2D eigenvalue weighted by Crippen LogP contribution is -2.23. The molecule has 0 saturated heterocycles. The second-order valence-electron chi connectivity index (χ2n) is 4.88. The van der Waals surface area contributed by atoms with E-state index in [2.05, 4.69) is 10.2 Å². The number of thiophene rings is 1. The third kappa shape index (κ3) is 2.75. The number of pyridine rings is 1. The van der Waals surface area contributed by atoms with Gasteiger partial charge < -0.3 is 8.98 Å². The van der Waals surface area contributed by atoms with Crippen LogP contribution in [-0.4, -0.2) is 20.5 Å². The van der Waals surface area contributed by atoms with E-state index in [1.165, 1.54) is 17.0 Å². The van der Waals surface area contributed by atoms with E-state index in [9.17, 15) is 9.59 Å². The molecule has 0 atom stereocenters. The molecule has 0 aliphatic rings. The minimum atomic E-state index is -0.249. The molecule has 3 rings (SSSR count). The average Bonchev–Trinajstić information content (AvgIpc) is 3.11. The molecular formula is C15H13N3O3S. The summed E-state index contributed by atoms with van der Waals surface area (Å²) in [6.45, 7) is 3.84. The number of Topliss-reactive ketones (excluding diaryl/α,β-unsaturated/α-hetero) is 1. The first-order valence-electron chi connectivity index (χ1n) is 6.62. The number of ketones is 1. The fraction of sp³-hybridized carbons (Fsp3) is 0.200. The van der Waals surface area contributed by atoms with Crippen molar-refractivity contribution in [3.8, 4) is 11.5 Å². The van der Waals surface area contributed by atoms with E-state index in [1.807, 2.05) is 19.9 Å². The van der Waals surface area contributed by atoms with Crippen LogP contribution in [0.4, 0.5) is 0 Å². The Balaban J connectivity index is 1.92. The molecule has 0 saturated carbocycles. The van der Waals surface area contributed by atoms with Crippen molar-refractivity contribution in [2.75, 3.05) is 0 Å². The third-order valence-electron chi connectivity index (χ3n) is 3.25. The number of carbonyl (C=O) groups excluding carboxylic acids is 1. The quantitative estimate of drug-likeness (QED) is 0.691. The van der Waals surface area contributed by atoms with Gasteiger partial charge >= 0.3 is 0 Å². The lowest BCUT2D eigenvalue weighted by molar-refractivity contribution is 0.0970. The zero-order chi connectivity index (χ0) is 15.7. The summed E-state index contributed by atoms with van der Waals surface area (Å²) >= 11 is 1.57. The van der Waals surface area contributed by atoms with E-state index in [1.54, 1.807) is 23.6 Å². The molecule has 3 aromatic heterocycles. The van der Waals surface area contributed by atoms with Gasteiger partial charge in [-0.15, -0.1) is 21.5 Å². The Morgan fingerprint density at radius 2 is 2.18 bits per heavy atom. The summed E-state index contributed by atoms with van der Waals surface area (Å²) in [5, 5.41) is 7.40. The van der Waals surface area contributed by atoms with Gasteiger partial charge in [-0.25, -0.2) is 0 Å². The van der Waals surface area contributed by atoms with Gasteiger partial charge in [-0.2, -0.15) is 0 Å². The molecule has 0 aliphatic carbocycles. The van der Waals surface area contributed by atoms with Crippen LogP contribution >= 0.6 is 11.3 Å². The predicted molar refractivity (Wildman–Crippen MR) is 82.1 cm³/mol. The Hall–Kier alpha value is -2.54. The van der Waals surface area contributed by atoms with Crippen molar-refractivity contribution in [2.24, 2.45) is 0 Å². The van der Waals surface area contributed by atoms with Crippen molar-refractivity contribution in [3.63, 3.8) is 0 Å². The molecular weight excluding hydrogens is 302 g/mol. The van der Waals surface area contributed by atoms with E-state index in [0.717, 1.165) is 9.75 Å². The highest BCUT2D eigenvalue weighted by Gasteiger charge is 2.14. The number of carbonyl (C=O) groups is 1. The SMILES string of the molecule is Cc1cc(C(=O)Cn2cc(-c3nnco3)ccc2=O)c(C)s1. The molecule has 3 heterocycles. The summed E-state index contributed by atoms with van der Waals surface area (Å²) < 4.78 is 6.46. The molecule has 22 heavy (non-hydrogen) atoms. The highest BCUT2D eigenvalue weighted by molar-refractivity contribution is 7.12. The summed E-state index contributed by atoms with van der Waals surface area (Å²) in [5.74, 6) is 0.218. The van der Waals surface area contributed by atoms with E-state index in [4.69, 9.17) is 4.42 Å². The lowest BCUT2D eigenvalue weighted by atomic mass is 10.1. The molecule has 0 aliphatic heterocycles. The van der Waals surface area contributed by atoms with Crippen molar-refractivity contribution < 1.29 is 9.21 Å². The summed E-state index contributed by atoms with van der Waals surface area (Å²) in [6.07, 6.45) is 2.77. The molecule has 0 spiro atoms. The molecule has 3 aromatic rings. The van der Waals surface area contributed by atoms with Crippen LogP contribution in [0.1, 0.15) is 20.1 Å². The monoisotopic (exact) mass is 315 g/mol. The standard InChI is InChI=1S/C15H13N3O3S/c1-9-5-12(10(2)22-9)13(19)7-18-6-11(3-4-14(18)20)15-17-16-8-21-15/h3-6,8H,7H2,1-2H3. The van der Waals surface area contributed by atoms with E-state index >= 15 is 0 Å². The first-order chi connectivity index (χ1) is 10.5. The first-order valence-corrected chi connectivity index (χ1v) is 7.43. The molecule has 0 bridgehead atoms. The number of hydrogen-bond acceptors (Lipinski definition) is 6. The van der Waals surface area contributed by atoms with Crippen molar-refractivity contribution in [1.82, 2.24) is 14.8 Å². The van der Waals surface area contributed by atoms with Gasteiger partial charge in [0.1, 0.15) is 0 Å². The third-order valence-corrected chi connectivity index (χ3v) is 4.21. The van der Waals surface area contributed by atoms with Gasteiger partial charge in [-0.05, 0) is 26.0 Å². The molecule has 0 fully saturated rings. The molecule has 0 radical (unpaired) electrons. The van der Waals surface area contributed by atoms with Crippen molar-refractivity contribution in [2.45, 2.75) is 20.4 Å². The van der Waals surface area contributed by atoms with Gasteiger partial charge in [0.05, 0.1) is 12.1 Å². The maximum atomic E-state index is 12.4. The number of aryl methyl sites for hydroxylation is 2. The van der Waals surface area contributed by atoms with Crippen LogP contribution in [0.5, 0.6) is 0 Å². The maximum absolute atomic E-state index is 12.4. The minimum absolute atomic E-state index is 0.0160. The predicted octanol–water partition coefficient (Wildman–Crippen LogP) is 2.46. The van der Waals surface area contributed by atoms with Gasteiger partial charge in [0.2, 0.25) is 12.3 Å². The zero-order valence-corrected chi connectivity index (χ0v) is 12.9. The van der Waals surface area contributed by atoms with Crippen molar-refractivity contribution in [1.29, 1.82) is 0 Å². The first kappa shape index (κ1) is 14.4. The van der Waals surface area contributed by atoms with Gasteiger partial charge in [0.25, 0.3) is 5.56 Å². The Kier molecular flexibility index (Phi) is 3.72. The van der Waals surface area contributed by atoms with Crippen LogP contribution in [-0.2, 0) is 6.54 Å². The maximum Gasteiger partial charge on any atom is 0.250 e. The zero-order valence-electron chi connectivity index (χ0n) is 12.1. The molecule has 0 N–H and O–H groups in total. The van der Waals surface area contributed by atoms with Crippen LogP contribution in [0.25, 0.3) is 11.5 Å². The average molecular weight is 315 g/mol. The van der Waals surface area contributed by atoms with Gasteiger partial charge in [-0.3, -0.25) is 9.59 Å². The summed E-state index contributed by atoms with van der Waals surface area (Å²) in [4.78, 5) is 26.4. The van der Waals surface area contributed by atoms with Crippen LogP contribution in [0.15, 0.2) is 40.0 Å². The van der Waals surface area contributed by atoms with Crippen LogP contribution < -0.4 is 5.56 Å². The van der Waals surface area contributed by atoms with Crippen LogP contribution in [0.3, 0.4) is 0 Å². The summed E-state index contributed by atoms with van der Waals surface area (Å²) in [5.41, 5.74) is 1.02. The normalized spacial score (nSPS) is 10.8. The highest BCUT2D eigenvalue weighted by atomic mass is 32.1. The van der Waals surface area contributed by atoms with Gasteiger partial charge in [0, 0.05) is 27.6 Å². The highest BCUT2D eigenvalue weighted by Crippen LogP contribution is 2.21. The fourth-order valence-electron chi connectivity index (χ4n) is 2.23. The number of hydrogen-bond donors (Lipinski definition) is 0. The van der Waals surface area contributed by atoms with Crippen LogP contribution in [0.2, 0.25) is 0 Å². The minimum Gasteiger partial charge on any atom is -0.423 e. The molecule has 6 nitrogen and oxygen atoms in total. The molecule has 112 valence electrons. The number of rotatable bonds is 4. The Labute approximate surface area is 130 Å². The smallest absolute Gasteiger partial charge is 0.250 e. The van der Waals surface area contributed by atoms with Crippen molar-refractivity contribution in [3.05, 3.63) is 56.5 Å². The van der Waals surface area contributed by atoms with Gasteiger partial charge in [0.15, 0.2) is 5.78 Å². The second-order valence-corrected chi connectivity index (χ2v) is 6.34. The number of aromatic nitrogens is 3. The Bertz CT molecular complexity index is 878.